The van der Waals surface area contributed by atoms with E-state index in [-0.39, 0.29) is 0 Å². The van der Waals surface area contributed by atoms with E-state index in [0.29, 0.717) is 18.6 Å². The molecule has 4 nitrogen and oxygen atoms in total. The van der Waals surface area contributed by atoms with Crippen LogP contribution in [0.15, 0.2) is 0 Å². The summed E-state index contributed by atoms with van der Waals surface area (Å²) in [5.41, 5.74) is 10.6. The molecule has 12 heavy (non-hydrogen) atoms. The zero-order chi connectivity index (χ0) is 8.97. The number of amides is 1. The Hall–Kier alpha value is -0.770. The van der Waals surface area contributed by atoms with Crippen molar-refractivity contribution >= 4 is 6.09 Å². The van der Waals surface area contributed by atoms with Gasteiger partial charge < -0.3 is 16.2 Å². The third-order valence-corrected chi connectivity index (χ3v) is 2.35. The first-order valence-electron chi connectivity index (χ1n) is 4.36. The van der Waals surface area contributed by atoms with Gasteiger partial charge in [-0.2, -0.15) is 0 Å². The molecule has 0 saturated heterocycles. The van der Waals surface area contributed by atoms with Crippen LogP contribution in [0.4, 0.5) is 4.79 Å². The molecule has 4 N–H and O–H groups in total. The number of primary amides is 1. The van der Waals surface area contributed by atoms with Crippen LogP contribution in [0.25, 0.3) is 0 Å². The molecule has 0 aromatic rings. The lowest BCUT2D eigenvalue weighted by Crippen LogP contribution is -2.29. The van der Waals surface area contributed by atoms with Gasteiger partial charge in [-0.1, -0.05) is 0 Å². The molecular weight excluding hydrogens is 156 g/mol. The molecule has 4 heteroatoms. The van der Waals surface area contributed by atoms with Gasteiger partial charge in [-0.25, -0.2) is 4.79 Å². The van der Waals surface area contributed by atoms with Gasteiger partial charge in [-0.15, -0.1) is 0 Å². The predicted molar refractivity (Wildman–Crippen MR) is 45.5 cm³/mol. The number of hydrogen-bond acceptors (Lipinski definition) is 3. The average Bonchev–Trinajstić information content (AvgIpc) is 2.03. The fourth-order valence-electron chi connectivity index (χ4n) is 1.55. The van der Waals surface area contributed by atoms with Crippen molar-refractivity contribution in [3.05, 3.63) is 0 Å². The molecule has 1 aliphatic carbocycles. The quantitative estimate of drug-likeness (QED) is 0.640. The molecule has 0 spiro atoms. The SMILES string of the molecule is NC(=O)OC[C@H]1CC[C@@H](N)CC1. The standard InChI is InChI=1S/C8H16N2O2/c9-7-3-1-6(2-4-7)5-12-8(10)11/h6-7H,1-5,9H2,(H2,10,11)/t6-,7+. The van der Waals surface area contributed by atoms with E-state index in [1.165, 1.54) is 0 Å². The fourth-order valence-corrected chi connectivity index (χ4v) is 1.55. The van der Waals surface area contributed by atoms with Crippen molar-refractivity contribution in [1.82, 2.24) is 0 Å². The molecule has 70 valence electrons. The molecule has 1 rings (SSSR count). The third-order valence-electron chi connectivity index (χ3n) is 2.35. The number of rotatable bonds is 2. The summed E-state index contributed by atoms with van der Waals surface area (Å²) in [5.74, 6) is 0.470. The number of carbonyl (C=O) groups excluding carboxylic acids is 1. The van der Waals surface area contributed by atoms with Gasteiger partial charge in [0.05, 0.1) is 6.61 Å². The van der Waals surface area contributed by atoms with Crippen LogP contribution >= 0.6 is 0 Å². The van der Waals surface area contributed by atoms with Crippen molar-refractivity contribution in [2.45, 2.75) is 31.7 Å². The summed E-state index contributed by atoms with van der Waals surface area (Å²) in [4.78, 5) is 10.3. The van der Waals surface area contributed by atoms with Gasteiger partial charge >= 0.3 is 6.09 Å². The van der Waals surface area contributed by atoms with Crippen LogP contribution in [0.3, 0.4) is 0 Å². The van der Waals surface area contributed by atoms with Crippen molar-refractivity contribution < 1.29 is 9.53 Å². The Morgan fingerprint density at radius 3 is 2.42 bits per heavy atom. The normalized spacial score (nSPS) is 29.8. The predicted octanol–water partition coefficient (Wildman–Crippen LogP) is 0.599. The second-order valence-corrected chi connectivity index (χ2v) is 3.41. The highest BCUT2D eigenvalue weighted by Crippen LogP contribution is 2.22. The lowest BCUT2D eigenvalue weighted by atomic mass is 9.87. The van der Waals surface area contributed by atoms with Crippen LogP contribution in [-0.4, -0.2) is 18.7 Å². The first-order valence-corrected chi connectivity index (χ1v) is 4.36. The maximum Gasteiger partial charge on any atom is 0.404 e. The molecular formula is C8H16N2O2. The Morgan fingerprint density at radius 1 is 1.33 bits per heavy atom. The number of ether oxygens (including phenoxy) is 1. The van der Waals surface area contributed by atoms with Gasteiger partial charge in [-0.05, 0) is 31.6 Å². The zero-order valence-corrected chi connectivity index (χ0v) is 7.16. The smallest absolute Gasteiger partial charge is 0.404 e. The molecule has 1 amide bonds. The Balaban J connectivity index is 2.13. The van der Waals surface area contributed by atoms with E-state index in [1.54, 1.807) is 0 Å². The lowest BCUT2D eigenvalue weighted by molar-refractivity contribution is 0.122. The Labute approximate surface area is 72.2 Å². The van der Waals surface area contributed by atoms with Crippen LogP contribution in [0.2, 0.25) is 0 Å². The number of nitrogens with two attached hydrogens (primary N) is 2. The molecule has 1 aliphatic rings. The largest absolute Gasteiger partial charge is 0.449 e. The zero-order valence-electron chi connectivity index (χ0n) is 7.16. The van der Waals surface area contributed by atoms with Gasteiger partial charge in [0.25, 0.3) is 0 Å². The van der Waals surface area contributed by atoms with Gasteiger partial charge in [0.15, 0.2) is 0 Å². The molecule has 0 aromatic carbocycles. The third kappa shape index (κ3) is 3.09. The monoisotopic (exact) mass is 172 g/mol. The van der Waals surface area contributed by atoms with E-state index in [4.69, 9.17) is 16.2 Å². The summed E-state index contributed by atoms with van der Waals surface area (Å²) < 4.78 is 4.71. The maximum atomic E-state index is 10.3. The van der Waals surface area contributed by atoms with E-state index in [2.05, 4.69) is 0 Å². The van der Waals surface area contributed by atoms with Crippen LogP contribution in [0, 0.1) is 5.92 Å². The van der Waals surface area contributed by atoms with Crippen LogP contribution < -0.4 is 11.5 Å². The molecule has 0 aliphatic heterocycles. The summed E-state index contributed by atoms with van der Waals surface area (Å²) in [6.07, 6.45) is 3.49. The van der Waals surface area contributed by atoms with Crippen molar-refractivity contribution in [3.63, 3.8) is 0 Å². The van der Waals surface area contributed by atoms with E-state index in [9.17, 15) is 4.79 Å². The number of carbonyl (C=O) groups is 1. The highest BCUT2D eigenvalue weighted by Gasteiger charge is 2.19. The second-order valence-electron chi connectivity index (χ2n) is 3.41. The molecule has 0 unspecified atom stereocenters. The molecule has 0 aromatic heterocycles. The van der Waals surface area contributed by atoms with Crippen molar-refractivity contribution in [2.75, 3.05) is 6.61 Å². The molecule has 0 bridgehead atoms. The van der Waals surface area contributed by atoms with Crippen molar-refractivity contribution in [3.8, 4) is 0 Å². The summed E-state index contributed by atoms with van der Waals surface area (Å²) in [6, 6.07) is 0.342. The van der Waals surface area contributed by atoms with E-state index in [0.717, 1.165) is 25.7 Å². The Bertz CT molecular complexity index is 153. The topological polar surface area (TPSA) is 78.3 Å². The minimum absolute atomic E-state index is 0.342. The van der Waals surface area contributed by atoms with Gasteiger partial charge in [0, 0.05) is 6.04 Å². The molecule has 0 heterocycles. The van der Waals surface area contributed by atoms with Crippen LogP contribution in [-0.2, 0) is 4.74 Å². The fraction of sp³-hybridized carbons (Fsp3) is 0.875. The number of hydrogen-bond donors (Lipinski definition) is 2. The Kier molecular flexibility index (Phi) is 3.34. The summed E-state index contributed by atoms with van der Waals surface area (Å²) in [7, 11) is 0. The molecule has 1 saturated carbocycles. The highest BCUT2D eigenvalue weighted by molar-refractivity contribution is 5.64. The maximum absolute atomic E-state index is 10.3. The van der Waals surface area contributed by atoms with E-state index in [1.807, 2.05) is 0 Å². The minimum atomic E-state index is -0.676. The van der Waals surface area contributed by atoms with E-state index < -0.39 is 6.09 Å². The molecule has 0 atom stereocenters. The summed E-state index contributed by atoms with van der Waals surface area (Å²) in [6.45, 7) is 0.460. The van der Waals surface area contributed by atoms with Gasteiger partial charge in [0.1, 0.15) is 0 Å². The Morgan fingerprint density at radius 2 is 1.92 bits per heavy atom. The molecule has 0 radical (unpaired) electrons. The van der Waals surface area contributed by atoms with Crippen LogP contribution in [0.1, 0.15) is 25.7 Å². The van der Waals surface area contributed by atoms with Gasteiger partial charge in [-0.3, -0.25) is 0 Å². The first kappa shape index (κ1) is 9.32. The summed E-state index contributed by atoms with van der Waals surface area (Å²) in [5, 5.41) is 0. The second kappa shape index (κ2) is 4.30. The minimum Gasteiger partial charge on any atom is -0.449 e. The molecule has 1 fully saturated rings. The van der Waals surface area contributed by atoms with E-state index >= 15 is 0 Å². The lowest BCUT2D eigenvalue weighted by Gasteiger charge is -2.25. The average molecular weight is 172 g/mol. The van der Waals surface area contributed by atoms with Crippen LogP contribution in [0.5, 0.6) is 0 Å². The van der Waals surface area contributed by atoms with Crippen molar-refractivity contribution in [1.29, 1.82) is 0 Å². The van der Waals surface area contributed by atoms with Crippen molar-refractivity contribution in [2.24, 2.45) is 17.4 Å². The van der Waals surface area contributed by atoms with Gasteiger partial charge in [0.2, 0.25) is 0 Å². The summed E-state index contributed by atoms with van der Waals surface area (Å²) >= 11 is 0. The first-order chi connectivity index (χ1) is 5.68. The highest BCUT2D eigenvalue weighted by atomic mass is 16.5.